The normalized spacial score (nSPS) is 18.9. The molecule has 1 amide bonds. The highest BCUT2D eigenvalue weighted by atomic mass is 32.1. The van der Waals surface area contributed by atoms with Crippen molar-refractivity contribution in [2.75, 3.05) is 37.7 Å². The molecule has 7 heteroatoms. The Morgan fingerprint density at radius 1 is 1.03 bits per heavy atom. The summed E-state index contributed by atoms with van der Waals surface area (Å²) in [5.74, 6) is 1.33. The number of anilines is 1. The van der Waals surface area contributed by atoms with Gasteiger partial charge in [-0.1, -0.05) is 35.6 Å². The van der Waals surface area contributed by atoms with Crippen molar-refractivity contribution < 1.29 is 14.3 Å². The van der Waals surface area contributed by atoms with Gasteiger partial charge in [-0.25, -0.2) is 4.98 Å². The number of para-hydroxylation sites is 2. The summed E-state index contributed by atoms with van der Waals surface area (Å²) in [6.45, 7) is 7.35. The fourth-order valence-corrected chi connectivity index (χ4v) is 5.01. The number of hydrogen-bond donors (Lipinski definition) is 0. The van der Waals surface area contributed by atoms with Crippen molar-refractivity contribution in [1.29, 1.82) is 0 Å². The van der Waals surface area contributed by atoms with Crippen LogP contribution in [0.15, 0.2) is 36.4 Å². The molecule has 2 aliphatic heterocycles. The topological polar surface area (TPSA) is 54.9 Å². The molecule has 3 heterocycles. The third kappa shape index (κ3) is 3.29. The second kappa shape index (κ2) is 7.22. The maximum atomic E-state index is 12.9. The van der Waals surface area contributed by atoms with Crippen molar-refractivity contribution in [3.8, 4) is 11.5 Å². The Bertz CT molecular complexity index is 1030. The zero-order chi connectivity index (χ0) is 20.0. The van der Waals surface area contributed by atoms with E-state index in [9.17, 15) is 4.79 Å². The molecule has 0 bridgehead atoms. The molecule has 1 saturated heterocycles. The van der Waals surface area contributed by atoms with Gasteiger partial charge < -0.3 is 19.3 Å². The Morgan fingerprint density at radius 2 is 1.76 bits per heavy atom. The smallest absolute Gasteiger partial charge is 0.267 e. The van der Waals surface area contributed by atoms with E-state index in [4.69, 9.17) is 14.5 Å². The van der Waals surface area contributed by atoms with Gasteiger partial charge in [0.2, 0.25) is 6.10 Å². The van der Waals surface area contributed by atoms with Gasteiger partial charge in [-0.15, -0.1) is 0 Å². The van der Waals surface area contributed by atoms with Gasteiger partial charge in [0.05, 0.1) is 10.2 Å². The van der Waals surface area contributed by atoms with Gasteiger partial charge in [0, 0.05) is 26.2 Å². The fraction of sp³-hybridized carbons (Fsp3) is 0.364. The van der Waals surface area contributed by atoms with Crippen molar-refractivity contribution in [2.24, 2.45) is 0 Å². The molecule has 1 aromatic heterocycles. The second-order valence-electron chi connectivity index (χ2n) is 7.55. The Labute approximate surface area is 173 Å². The van der Waals surface area contributed by atoms with E-state index >= 15 is 0 Å². The molecule has 0 aliphatic carbocycles. The van der Waals surface area contributed by atoms with Crippen LogP contribution in [0.4, 0.5) is 5.13 Å². The first-order valence-electron chi connectivity index (χ1n) is 9.89. The van der Waals surface area contributed by atoms with Crippen LogP contribution in [-0.4, -0.2) is 54.7 Å². The standard InChI is InChI=1S/C22H23N3O3S/c1-14-7-8-15(2)20-19(14)23-22(29-20)25-11-9-24(10-12-25)21(26)18-13-27-16-5-3-4-6-17(16)28-18/h3-8,18H,9-13H2,1-2H3/t18-/m1/s1. The van der Waals surface area contributed by atoms with Gasteiger partial charge in [0.1, 0.15) is 6.61 Å². The molecule has 2 aromatic carbocycles. The van der Waals surface area contributed by atoms with Crippen LogP contribution in [0.3, 0.4) is 0 Å². The SMILES string of the molecule is Cc1ccc(C)c2sc(N3CCN(C(=O)[C@H]4COc5ccccc5O4)CC3)nc12. The molecule has 150 valence electrons. The number of fused-ring (bicyclic) bond motifs is 2. The molecule has 0 unspecified atom stereocenters. The first kappa shape index (κ1) is 18.2. The predicted octanol–water partition coefficient (Wildman–Crippen LogP) is 3.40. The largest absolute Gasteiger partial charge is 0.485 e. The van der Waals surface area contributed by atoms with Crippen molar-refractivity contribution in [2.45, 2.75) is 20.0 Å². The zero-order valence-corrected chi connectivity index (χ0v) is 17.4. The molecule has 0 N–H and O–H groups in total. The molecule has 1 fully saturated rings. The number of thiazole rings is 1. The van der Waals surface area contributed by atoms with Gasteiger partial charge in [-0.2, -0.15) is 0 Å². The number of piperazine rings is 1. The Morgan fingerprint density at radius 3 is 2.52 bits per heavy atom. The van der Waals surface area contributed by atoms with E-state index in [-0.39, 0.29) is 12.5 Å². The maximum absolute atomic E-state index is 12.9. The minimum Gasteiger partial charge on any atom is -0.485 e. The van der Waals surface area contributed by atoms with Crippen LogP contribution in [0.1, 0.15) is 11.1 Å². The number of rotatable bonds is 2. The number of aryl methyl sites for hydroxylation is 2. The highest BCUT2D eigenvalue weighted by Crippen LogP contribution is 2.34. The minimum atomic E-state index is -0.579. The van der Waals surface area contributed by atoms with E-state index in [0.29, 0.717) is 24.6 Å². The fourth-order valence-electron chi connectivity index (χ4n) is 3.85. The van der Waals surface area contributed by atoms with Gasteiger partial charge in [-0.3, -0.25) is 4.79 Å². The van der Waals surface area contributed by atoms with Crippen molar-refractivity contribution >= 4 is 32.6 Å². The second-order valence-corrected chi connectivity index (χ2v) is 8.53. The average molecular weight is 410 g/mol. The van der Waals surface area contributed by atoms with Crippen LogP contribution in [0.25, 0.3) is 10.2 Å². The summed E-state index contributed by atoms with van der Waals surface area (Å²) in [5, 5.41) is 1.04. The number of hydrogen-bond acceptors (Lipinski definition) is 6. The van der Waals surface area contributed by atoms with Crippen LogP contribution in [0.2, 0.25) is 0 Å². The summed E-state index contributed by atoms with van der Waals surface area (Å²) in [6.07, 6.45) is -0.579. The van der Waals surface area contributed by atoms with Gasteiger partial charge in [0.15, 0.2) is 16.6 Å². The predicted molar refractivity (Wildman–Crippen MR) is 114 cm³/mol. The lowest BCUT2D eigenvalue weighted by Gasteiger charge is -2.37. The van der Waals surface area contributed by atoms with E-state index in [2.05, 4.69) is 30.9 Å². The Hall–Kier alpha value is -2.80. The first-order chi connectivity index (χ1) is 14.1. The summed E-state index contributed by atoms with van der Waals surface area (Å²) >= 11 is 1.74. The Kier molecular flexibility index (Phi) is 4.54. The molecule has 29 heavy (non-hydrogen) atoms. The van der Waals surface area contributed by atoms with Crippen LogP contribution in [0.5, 0.6) is 11.5 Å². The number of nitrogens with zero attached hydrogens (tertiary/aromatic N) is 3. The number of benzene rings is 2. The molecule has 3 aromatic rings. The van der Waals surface area contributed by atoms with E-state index in [1.54, 1.807) is 11.3 Å². The van der Waals surface area contributed by atoms with Crippen LogP contribution >= 0.6 is 11.3 Å². The molecule has 0 radical (unpaired) electrons. The number of carbonyl (C=O) groups excluding carboxylic acids is 1. The maximum Gasteiger partial charge on any atom is 0.267 e. The molecule has 2 aliphatic rings. The van der Waals surface area contributed by atoms with Gasteiger partial charge in [-0.05, 0) is 37.1 Å². The van der Waals surface area contributed by atoms with Gasteiger partial charge >= 0.3 is 0 Å². The number of aromatic nitrogens is 1. The number of ether oxygens (including phenoxy) is 2. The molecule has 6 nitrogen and oxygen atoms in total. The van der Waals surface area contributed by atoms with Crippen molar-refractivity contribution in [3.05, 3.63) is 47.5 Å². The third-order valence-electron chi connectivity index (χ3n) is 5.58. The van der Waals surface area contributed by atoms with E-state index in [0.717, 1.165) is 23.7 Å². The van der Waals surface area contributed by atoms with Gasteiger partial charge in [0.25, 0.3) is 5.91 Å². The lowest BCUT2D eigenvalue weighted by atomic mass is 10.1. The van der Waals surface area contributed by atoms with Crippen LogP contribution in [0, 0.1) is 13.8 Å². The van der Waals surface area contributed by atoms with Crippen LogP contribution < -0.4 is 14.4 Å². The lowest BCUT2D eigenvalue weighted by molar-refractivity contribution is -0.141. The third-order valence-corrected chi connectivity index (χ3v) is 6.83. The Balaban J connectivity index is 1.26. The number of amides is 1. The summed E-state index contributed by atoms with van der Waals surface area (Å²) in [7, 11) is 0. The first-order valence-corrected chi connectivity index (χ1v) is 10.7. The zero-order valence-electron chi connectivity index (χ0n) is 16.6. The van der Waals surface area contributed by atoms with Crippen LogP contribution in [-0.2, 0) is 4.79 Å². The highest BCUT2D eigenvalue weighted by molar-refractivity contribution is 7.22. The van der Waals surface area contributed by atoms with E-state index in [1.807, 2.05) is 29.2 Å². The lowest BCUT2D eigenvalue weighted by Crippen LogP contribution is -2.54. The summed E-state index contributed by atoms with van der Waals surface area (Å²) in [5.41, 5.74) is 3.56. The summed E-state index contributed by atoms with van der Waals surface area (Å²) in [4.78, 5) is 22.0. The molecular formula is C22H23N3O3S. The average Bonchev–Trinajstić information content (AvgIpc) is 3.23. The molecule has 1 atom stereocenters. The summed E-state index contributed by atoms with van der Waals surface area (Å²) < 4.78 is 12.8. The highest BCUT2D eigenvalue weighted by Gasteiger charge is 2.33. The number of carbonyl (C=O) groups is 1. The van der Waals surface area contributed by atoms with E-state index < -0.39 is 6.10 Å². The minimum absolute atomic E-state index is 0.00450. The quantitative estimate of drug-likeness (QED) is 0.649. The monoisotopic (exact) mass is 409 g/mol. The molecule has 5 rings (SSSR count). The summed E-state index contributed by atoms with van der Waals surface area (Å²) in [6, 6.07) is 11.8. The molecule has 0 spiro atoms. The molecule has 0 saturated carbocycles. The van der Waals surface area contributed by atoms with Crippen molar-refractivity contribution in [3.63, 3.8) is 0 Å². The molecular weight excluding hydrogens is 386 g/mol. The van der Waals surface area contributed by atoms with E-state index in [1.165, 1.54) is 15.8 Å². The van der Waals surface area contributed by atoms with Crippen molar-refractivity contribution in [1.82, 2.24) is 9.88 Å².